The van der Waals surface area contributed by atoms with Crippen LogP contribution >= 0.6 is 0 Å². The largest absolute Gasteiger partial charge is 0.391 e. The van der Waals surface area contributed by atoms with E-state index in [4.69, 9.17) is 0 Å². The number of rotatable bonds is 3. The Hall–Kier alpha value is -2.14. The Morgan fingerprint density at radius 2 is 1.95 bits per heavy atom. The predicted molar refractivity (Wildman–Crippen MR) is 81.2 cm³/mol. The van der Waals surface area contributed by atoms with Gasteiger partial charge in [-0.1, -0.05) is 24.3 Å². The number of fused-ring (bicyclic) bond motifs is 1. The number of aromatic nitrogens is 2. The highest BCUT2D eigenvalue weighted by Crippen LogP contribution is 2.33. The van der Waals surface area contributed by atoms with Crippen LogP contribution in [0.4, 0.5) is 0 Å². The van der Waals surface area contributed by atoms with E-state index in [0.717, 1.165) is 12.8 Å². The first-order valence-corrected chi connectivity index (χ1v) is 7.77. The van der Waals surface area contributed by atoms with Crippen LogP contribution < -0.4 is 5.32 Å². The number of carbonyl (C=O) groups is 1. The van der Waals surface area contributed by atoms with Crippen LogP contribution in [0.25, 0.3) is 0 Å². The zero-order valence-corrected chi connectivity index (χ0v) is 12.2. The molecule has 1 aromatic carbocycles. The van der Waals surface area contributed by atoms with Crippen LogP contribution in [-0.4, -0.2) is 32.9 Å². The maximum absolute atomic E-state index is 12.5. The van der Waals surface area contributed by atoms with Crippen LogP contribution in [0.1, 0.15) is 23.6 Å². The molecule has 2 aromatic rings. The molecule has 0 saturated heterocycles. The van der Waals surface area contributed by atoms with Gasteiger partial charge in [0.1, 0.15) is 0 Å². The summed E-state index contributed by atoms with van der Waals surface area (Å²) in [6.07, 6.45) is 5.30. The van der Waals surface area contributed by atoms with Gasteiger partial charge in [0.2, 0.25) is 5.91 Å². The molecule has 5 heteroatoms. The number of carbonyl (C=O) groups excluding carboxylic acids is 1. The first-order chi connectivity index (χ1) is 10.7. The molecular weight excluding hydrogens is 278 g/mol. The maximum Gasteiger partial charge on any atom is 0.224 e. The summed E-state index contributed by atoms with van der Waals surface area (Å²) in [4.78, 5) is 12.5. The van der Waals surface area contributed by atoms with Crippen molar-refractivity contribution in [3.63, 3.8) is 0 Å². The van der Waals surface area contributed by atoms with Crippen LogP contribution in [0.3, 0.4) is 0 Å². The van der Waals surface area contributed by atoms with Gasteiger partial charge in [0.25, 0.3) is 0 Å². The molecule has 1 heterocycles. The van der Waals surface area contributed by atoms with Crippen LogP contribution in [0, 0.1) is 5.92 Å². The highest BCUT2D eigenvalue weighted by Gasteiger charge is 2.43. The van der Waals surface area contributed by atoms with Crippen molar-refractivity contribution in [2.75, 3.05) is 0 Å². The second-order valence-electron chi connectivity index (χ2n) is 6.27. The predicted octanol–water partition coefficient (Wildman–Crippen LogP) is 1.09. The molecule has 1 fully saturated rings. The Labute approximate surface area is 129 Å². The fourth-order valence-corrected chi connectivity index (χ4v) is 3.62. The van der Waals surface area contributed by atoms with E-state index in [1.165, 1.54) is 11.1 Å². The monoisotopic (exact) mass is 297 g/mol. The van der Waals surface area contributed by atoms with Crippen LogP contribution in [0.2, 0.25) is 0 Å². The van der Waals surface area contributed by atoms with Gasteiger partial charge in [0.05, 0.1) is 18.2 Å². The summed E-state index contributed by atoms with van der Waals surface area (Å²) in [5.41, 5.74) is 2.56. The van der Waals surface area contributed by atoms with Gasteiger partial charge in [-0.15, -0.1) is 0 Å². The molecule has 1 saturated carbocycles. The number of amides is 1. The van der Waals surface area contributed by atoms with E-state index in [2.05, 4.69) is 22.5 Å². The first-order valence-electron chi connectivity index (χ1n) is 7.77. The Bertz CT molecular complexity index is 658. The average Bonchev–Trinajstić information content (AvgIpc) is 3.15. The number of aliphatic hydroxyl groups excluding tert-OH is 1. The molecule has 4 rings (SSSR count). The zero-order chi connectivity index (χ0) is 15.1. The third kappa shape index (κ3) is 2.22. The molecular formula is C17H19N3O2. The van der Waals surface area contributed by atoms with E-state index in [0.29, 0.717) is 6.42 Å². The highest BCUT2D eigenvalue weighted by molar-refractivity contribution is 5.80. The number of aliphatic hydroxyl groups is 1. The van der Waals surface area contributed by atoms with E-state index in [9.17, 15) is 9.90 Å². The lowest BCUT2D eigenvalue weighted by molar-refractivity contribution is -0.128. The third-order valence-corrected chi connectivity index (χ3v) is 4.88. The van der Waals surface area contributed by atoms with Crippen LogP contribution in [0.15, 0.2) is 42.7 Å². The van der Waals surface area contributed by atoms with E-state index in [-0.39, 0.29) is 23.9 Å². The fraction of sp³-hybridized carbons (Fsp3) is 0.412. The molecule has 5 nitrogen and oxygen atoms in total. The Kier molecular flexibility index (Phi) is 3.22. The molecule has 3 atom stereocenters. The molecule has 22 heavy (non-hydrogen) atoms. The van der Waals surface area contributed by atoms with Gasteiger partial charge < -0.3 is 10.4 Å². The van der Waals surface area contributed by atoms with Crippen LogP contribution in [0.5, 0.6) is 0 Å². The number of benzene rings is 1. The smallest absolute Gasteiger partial charge is 0.224 e. The molecule has 0 aliphatic heterocycles. The minimum Gasteiger partial charge on any atom is -0.391 e. The van der Waals surface area contributed by atoms with Crippen molar-refractivity contribution in [2.24, 2.45) is 5.92 Å². The molecule has 2 aliphatic carbocycles. The Morgan fingerprint density at radius 1 is 1.23 bits per heavy atom. The lowest BCUT2D eigenvalue weighted by Crippen LogP contribution is -2.57. The Morgan fingerprint density at radius 3 is 2.55 bits per heavy atom. The number of hydrogen-bond donors (Lipinski definition) is 2. The van der Waals surface area contributed by atoms with Crippen molar-refractivity contribution in [2.45, 2.75) is 37.5 Å². The van der Waals surface area contributed by atoms with E-state index in [1.54, 1.807) is 10.9 Å². The van der Waals surface area contributed by atoms with Crippen molar-refractivity contribution in [3.05, 3.63) is 53.9 Å². The number of nitrogens with zero attached hydrogens (tertiary/aromatic N) is 2. The molecule has 114 valence electrons. The molecule has 0 bridgehead atoms. The molecule has 0 unspecified atom stereocenters. The first kappa shape index (κ1) is 13.5. The van der Waals surface area contributed by atoms with E-state index >= 15 is 0 Å². The molecule has 0 radical (unpaired) electrons. The highest BCUT2D eigenvalue weighted by atomic mass is 16.3. The zero-order valence-electron chi connectivity index (χ0n) is 12.2. The fourth-order valence-electron chi connectivity index (χ4n) is 3.62. The van der Waals surface area contributed by atoms with Gasteiger partial charge in [-0.3, -0.25) is 9.48 Å². The molecule has 2 N–H and O–H groups in total. The van der Waals surface area contributed by atoms with Gasteiger partial charge in [-0.05, 0) is 36.5 Å². The van der Waals surface area contributed by atoms with Gasteiger partial charge in [0.15, 0.2) is 0 Å². The third-order valence-electron chi connectivity index (χ3n) is 4.88. The molecule has 0 spiro atoms. The SMILES string of the molecule is O=C(N[C@H]1C[C@@H](O)[C@@H]1n1cccn1)C1Cc2ccccc2C1. The molecule has 1 aromatic heterocycles. The van der Waals surface area contributed by atoms with Crippen LogP contribution in [-0.2, 0) is 17.6 Å². The number of hydrogen-bond acceptors (Lipinski definition) is 3. The maximum atomic E-state index is 12.5. The molecule has 1 amide bonds. The lowest BCUT2D eigenvalue weighted by atomic mass is 9.82. The van der Waals surface area contributed by atoms with Crippen molar-refractivity contribution in [1.29, 1.82) is 0 Å². The summed E-state index contributed by atoms with van der Waals surface area (Å²) in [5, 5.41) is 17.2. The van der Waals surface area contributed by atoms with Crippen molar-refractivity contribution in [3.8, 4) is 0 Å². The summed E-state index contributed by atoms with van der Waals surface area (Å²) in [6.45, 7) is 0. The van der Waals surface area contributed by atoms with Crippen molar-refractivity contribution in [1.82, 2.24) is 15.1 Å². The van der Waals surface area contributed by atoms with Gasteiger partial charge >= 0.3 is 0 Å². The van der Waals surface area contributed by atoms with Gasteiger partial charge in [-0.25, -0.2) is 0 Å². The number of nitrogens with one attached hydrogen (secondary N) is 1. The summed E-state index contributed by atoms with van der Waals surface area (Å²) in [6, 6.07) is 9.89. The normalized spacial score (nSPS) is 27.2. The lowest BCUT2D eigenvalue weighted by Gasteiger charge is -2.42. The summed E-state index contributed by atoms with van der Waals surface area (Å²) >= 11 is 0. The van der Waals surface area contributed by atoms with E-state index < -0.39 is 6.10 Å². The van der Waals surface area contributed by atoms with E-state index in [1.807, 2.05) is 24.4 Å². The van der Waals surface area contributed by atoms with Gasteiger partial charge in [-0.2, -0.15) is 5.10 Å². The second kappa shape index (κ2) is 5.25. The topological polar surface area (TPSA) is 67.2 Å². The van der Waals surface area contributed by atoms with Gasteiger partial charge in [0, 0.05) is 18.3 Å². The average molecular weight is 297 g/mol. The molecule has 2 aliphatic rings. The summed E-state index contributed by atoms with van der Waals surface area (Å²) in [7, 11) is 0. The minimum atomic E-state index is -0.439. The standard InChI is InChI=1S/C17H19N3O2/c21-15-10-14(16(15)20-7-3-6-18-20)19-17(22)13-8-11-4-1-2-5-12(11)9-13/h1-7,13-16,21H,8-10H2,(H,19,22)/t14-,15+,16+/m0/s1. The quantitative estimate of drug-likeness (QED) is 0.891. The second-order valence-corrected chi connectivity index (χ2v) is 6.27. The van der Waals surface area contributed by atoms with Crippen molar-refractivity contribution < 1.29 is 9.90 Å². The van der Waals surface area contributed by atoms with Crippen molar-refractivity contribution >= 4 is 5.91 Å². The Balaban J connectivity index is 1.41. The minimum absolute atomic E-state index is 0.00779. The summed E-state index contributed by atoms with van der Waals surface area (Å²) < 4.78 is 1.74. The summed E-state index contributed by atoms with van der Waals surface area (Å²) in [5.74, 6) is 0.0960.